The number of likely N-dealkylation sites (tertiary alicyclic amines) is 1. The van der Waals surface area contributed by atoms with E-state index in [9.17, 15) is 8.42 Å². The van der Waals surface area contributed by atoms with Gasteiger partial charge in [-0.3, -0.25) is 9.89 Å². The van der Waals surface area contributed by atoms with E-state index in [1.165, 1.54) is 24.7 Å². The summed E-state index contributed by atoms with van der Waals surface area (Å²) in [5.74, 6) is 1.63. The normalized spacial score (nSPS) is 16.0. The molecule has 1 aliphatic heterocycles. The van der Waals surface area contributed by atoms with E-state index in [-0.39, 0.29) is 42.4 Å². The van der Waals surface area contributed by atoms with Crippen molar-refractivity contribution < 1.29 is 17.9 Å². The van der Waals surface area contributed by atoms with Gasteiger partial charge >= 0.3 is 0 Å². The first-order valence-corrected chi connectivity index (χ1v) is 12.1. The number of hydrogen-bond acceptors (Lipinski definition) is 6. The van der Waals surface area contributed by atoms with Crippen LogP contribution in [0.25, 0.3) is 0 Å². The number of sulfone groups is 1. The van der Waals surface area contributed by atoms with Crippen molar-refractivity contribution >= 4 is 39.8 Å². The lowest BCUT2D eigenvalue weighted by Crippen LogP contribution is -2.43. The number of nitrogens with zero attached hydrogens (tertiary/aromatic N) is 2. The molecule has 1 aliphatic rings. The van der Waals surface area contributed by atoms with Gasteiger partial charge in [-0.05, 0) is 32.0 Å². The molecule has 0 amide bonds. The molecule has 1 unspecified atom stereocenters. The third kappa shape index (κ3) is 9.36. The van der Waals surface area contributed by atoms with E-state index in [1.807, 2.05) is 18.2 Å². The Hall–Kier alpha value is -1.11. The second kappa shape index (κ2) is 14.0. The van der Waals surface area contributed by atoms with E-state index in [4.69, 9.17) is 9.47 Å². The number of methoxy groups -OCH3 is 1. The standard InChI is InChI=1S/C20H34N4O4S.HI/c1-21-20(22-10-13-28-14-15-29(3,25)26)23-16-18(24-11-6-7-12-24)17-8-4-5-9-19(17)27-2;/h4-5,8-9,18H,6-7,10-16H2,1-3H3,(H2,21,22,23);1H. The minimum absolute atomic E-state index is 0. The molecule has 8 nitrogen and oxygen atoms in total. The molecule has 1 fully saturated rings. The predicted molar refractivity (Wildman–Crippen MR) is 132 cm³/mol. The van der Waals surface area contributed by atoms with Crippen molar-refractivity contribution in [2.45, 2.75) is 18.9 Å². The smallest absolute Gasteiger partial charge is 0.191 e. The highest BCUT2D eigenvalue weighted by Crippen LogP contribution is 2.31. The van der Waals surface area contributed by atoms with E-state index in [0.717, 1.165) is 18.8 Å². The molecule has 0 spiro atoms. The number of benzene rings is 1. The summed E-state index contributed by atoms with van der Waals surface area (Å²) in [7, 11) is 0.449. The maximum atomic E-state index is 11.1. The van der Waals surface area contributed by atoms with E-state index in [0.29, 0.717) is 25.7 Å². The number of guanidine groups is 1. The monoisotopic (exact) mass is 554 g/mol. The molecule has 2 rings (SSSR count). The summed E-state index contributed by atoms with van der Waals surface area (Å²) in [4.78, 5) is 6.75. The van der Waals surface area contributed by atoms with Gasteiger partial charge in [-0.2, -0.15) is 0 Å². The Bertz CT molecular complexity index is 755. The Labute approximate surface area is 197 Å². The van der Waals surface area contributed by atoms with Crippen LogP contribution < -0.4 is 15.4 Å². The van der Waals surface area contributed by atoms with Crippen molar-refractivity contribution in [2.24, 2.45) is 4.99 Å². The first-order chi connectivity index (χ1) is 13.9. The van der Waals surface area contributed by atoms with Crippen LogP contribution in [0, 0.1) is 0 Å². The Morgan fingerprint density at radius 1 is 1.20 bits per heavy atom. The average Bonchev–Trinajstić information content (AvgIpc) is 3.23. The zero-order chi connectivity index (χ0) is 21.1. The number of para-hydroxylation sites is 1. The summed E-state index contributed by atoms with van der Waals surface area (Å²) in [5.41, 5.74) is 1.17. The highest BCUT2D eigenvalue weighted by atomic mass is 127. The summed E-state index contributed by atoms with van der Waals surface area (Å²) in [6, 6.07) is 8.34. The molecule has 0 radical (unpaired) electrons. The Morgan fingerprint density at radius 3 is 2.53 bits per heavy atom. The number of hydrogen-bond donors (Lipinski definition) is 2. The lowest BCUT2D eigenvalue weighted by atomic mass is 10.0. The van der Waals surface area contributed by atoms with Gasteiger partial charge in [0.05, 0.1) is 32.1 Å². The van der Waals surface area contributed by atoms with Crippen LogP contribution in [-0.4, -0.2) is 84.8 Å². The lowest BCUT2D eigenvalue weighted by Gasteiger charge is -2.30. The highest BCUT2D eigenvalue weighted by molar-refractivity contribution is 14.0. The number of ether oxygens (including phenoxy) is 2. The number of aliphatic imine (C=N–C) groups is 1. The van der Waals surface area contributed by atoms with E-state index in [1.54, 1.807) is 14.2 Å². The topological polar surface area (TPSA) is 92.3 Å². The first-order valence-electron chi connectivity index (χ1n) is 10.0. The fourth-order valence-corrected chi connectivity index (χ4v) is 3.82. The molecule has 10 heteroatoms. The van der Waals surface area contributed by atoms with Crippen LogP contribution in [0.5, 0.6) is 5.75 Å². The molecule has 0 aromatic heterocycles. The van der Waals surface area contributed by atoms with Crippen LogP contribution >= 0.6 is 24.0 Å². The largest absolute Gasteiger partial charge is 0.496 e. The van der Waals surface area contributed by atoms with Gasteiger partial charge < -0.3 is 20.1 Å². The van der Waals surface area contributed by atoms with Crippen LogP contribution in [0.15, 0.2) is 29.3 Å². The molecular formula is C20H35IN4O4S. The fourth-order valence-electron chi connectivity index (χ4n) is 3.40. The van der Waals surface area contributed by atoms with E-state index >= 15 is 0 Å². The number of nitrogens with one attached hydrogen (secondary N) is 2. The van der Waals surface area contributed by atoms with Crippen LogP contribution in [0.4, 0.5) is 0 Å². The molecule has 0 saturated carbocycles. The second-order valence-corrected chi connectivity index (χ2v) is 9.38. The maximum Gasteiger partial charge on any atom is 0.191 e. The van der Waals surface area contributed by atoms with Gasteiger partial charge in [0, 0.05) is 32.0 Å². The summed E-state index contributed by atoms with van der Waals surface area (Å²) in [6.45, 7) is 4.02. The summed E-state index contributed by atoms with van der Waals surface area (Å²) in [6.07, 6.45) is 3.63. The predicted octanol–water partition coefficient (Wildman–Crippen LogP) is 1.68. The molecule has 1 atom stereocenters. The molecule has 1 aromatic rings. The molecule has 30 heavy (non-hydrogen) atoms. The fraction of sp³-hybridized carbons (Fsp3) is 0.650. The third-order valence-electron chi connectivity index (χ3n) is 4.90. The molecule has 1 heterocycles. The van der Waals surface area contributed by atoms with Crippen LogP contribution in [0.2, 0.25) is 0 Å². The Balaban J connectivity index is 0.00000450. The van der Waals surface area contributed by atoms with Crippen LogP contribution in [0.3, 0.4) is 0 Å². The molecular weight excluding hydrogens is 519 g/mol. The lowest BCUT2D eigenvalue weighted by molar-refractivity contribution is 0.154. The van der Waals surface area contributed by atoms with Crippen molar-refractivity contribution in [3.63, 3.8) is 0 Å². The second-order valence-electron chi connectivity index (χ2n) is 7.12. The van der Waals surface area contributed by atoms with Crippen molar-refractivity contribution in [1.82, 2.24) is 15.5 Å². The molecule has 0 aliphatic carbocycles. The van der Waals surface area contributed by atoms with Gasteiger partial charge in [0.25, 0.3) is 0 Å². The number of rotatable bonds is 11. The molecule has 1 saturated heterocycles. The third-order valence-corrected chi connectivity index (χ3v) is 5.81. The number of halogens is 1. The van der Waals surface area contributed by atoms with Gasteiger partial charge in [0.15, 0.2) is 5.96 Å². The molecule has 0 bridgehead atoms. The van der Waals surface area contributed by atoms with Crippen molar-refractivity contribution in [1.29, 1.82) is 0 Å². The Kier molecular flexibility index (Phi) is 12.6. The maximum absolute atomic E-state index is 11.1. The van der Waals surface area contributed by atoms with Crippen molar-refractivity contribution in [3.8, 4) is 5.75 Å². The first kappa shape index (κ1) is 26.9. The SMILES string of the molecule is CN=C(NCCOCCS(C)(=O)=O)NCC(c1ccccc1OC)N1CCCC1.I. The van der Waals surface area contributed by atoms with Gasteiger partial charge in [0.2, 0.25) is 0 Å². The minimum Gasteiger partial charge on any atom is -0.496 e. The minimum atomic E-state index is -2.99. The zero-order valence-corrected chi connectivity index (χ0v) is 21.2. The van der Waals surface area contributed by atoms with E-state index in [2.05, 4.69) is 26.6 Å². The van der Waals surface area contributed by atoms with Gasteiger partial charge in [-0.15, -0.1) is 24.0 Å². The quantitative estimate of drug-likeness (QED) is 0.186. The zero-order valence-electron chi connectivity index (χ0n) is 18.1. The van der Waals surface area contributed by atoms with Crippen molar-refractivity contribution in [3.05, 3.63) is 29.8 Å². The van der Waals surface area contributed by atoms with Crippen LogP contribution in [-0.2, 0) is 14.6 Å². The molecule has 172 valence electrons. The van der Waals surface area contributed by atoms with Crippen molar-refractivity contribution in [2.75, 3.05) is 65.6 Å². The van der Waals surface area contributed by atoms with E-state index < -0.39 is 9.84 Å². The molecule has 2 N–H and O–H groups in total. The molecule has 1 aromatic carbocycles. The Morgan fingerprint density at radius 2 is 1.90 bits per heavy atom. The summed E-state index contributed by atoms with van der Waals surface area (Å²) < 4.78 is 33.2. The summed E-state index contributed by atoms with van der Waals surface area (Å²) >= 11 is 0. The summed E-state index contributed by atoms with van der Waals surface area (Å²) in [5, 5.41) is 6.61. The van der Waals surface area contributed by atoms with Gasteiger partial charge in [-0.25, -0.2) is 8.42 Å². The highest BCUT2D eigenvalue weighted by Gasteiger charge is 2.25. The average molecular weight is 554 g/mol. The van der Waals surface area contributed by atoms with Gasteiger partial charge in [-0.1, -0.05) is 18.2 Å². The van der Waals surface area contributed by atoms with Crippen LogP contribution in [0.1, 0.15) is 24.4 Å². The van der Waals surface area contributed by atoms with Gasteiger partial charge in [0.1, 0.15) is 15.6 Å².